The van der Waals surface area contributed by atoms with Gasteiger partial charge in [-0.2, -0.15) is 16.1 Å². The molecule has 5 nitrogen and oxygen atoms in total. The molecule has 0 radical (unpaired) electrons. The fourth-order valence-corrected chi connectivity index (χ4v) is 5.01. The standard InChI is InChI=1S/C21H28N2O3S2/c1-3-23(4-2)28(25,26)20-12-10-19(11-13-20)16-22-21(24)17-27-15-14-18-8-6-5-7-9-18/h5-13H,3-4,14-17H2,1-2H3,(H,22,24). The van der Waals surface area contributed by atoms with Gasteiger partial charge in [0.15, 0.2) is 0 Å². The van der Waals surface area contributed by atoms with Gasteiger partial charge in [0, 0.05) is 19.6 Å². The zero-order chi connectivity index (χ0) is 20.4. The molecule has 0 heterocycles. The Kier molecular flexibility index (Phi) is 9.02. The van der Waals surface area contributed by atoms with Crippen molar-refractivity contribution in [3.63, 3.8) is 0 Å². The molecule has 2 rings (SSSR count). The van der Waals surface area contributed by atoms with Gasteiger partial charge < -0.3 is 5.32 Å². The van der Waals surface area contributed by atoms with Crippen molar-refractivity contribution >= 4 is 27.7 Å². The number of rotatable bonds is 11. The van der Waals surface area contributed by atoms with Gasteiger partial charge in [-0.15, -0.1) is 0 Å². The minimum atomic E-state index is -3.44. The minimum Gasteiger partial charge on any atom is -0.351 e. The fraction of sp³-hybridized carbons (Fsp3) is 0.381. The Hall–Kier alpha value is -1.83. The summed E-state index contributed by atoms with van der Waals surface area (Å²) in [5.41, 5.74) is 2.15. The summed E-state index contributed by atoms with van der Waals surface area (Å²) >= 11 is 1.61. The molecule has 0 aliphatic rings. The van der Waals surface area contributed by atoms with Crippen molar-refractivity contribution in [2.24, 2.45) is 0 Å². The van der Waals surface area contributed by atoms with Gasteiger partial charge in [0.2, 0.25) is 15.9 Å². The van der Waals surface area contributed by atoms with Crippen LogP contribution in [0.2, 0.25) is 0 Å². The van der Waals surface area contributed by atoms with E-state index in [0.29, 0.717) is 25.4 Å². The number of nitrogens with one attached hydrogen (secondary N) is 1. The summed E-state index contributed by atoms with van der Waals surface area (Å²) in [6.45, 7) is 4.92. The first kappa shape index (κ1) is 22.5. The van der Waals surface area contributed by atoms with Gasteiger partial charge in [-0.25, -0.2) is 8.42 Å². The molecule has 0 unspecified atom stereocenters. The lowest BCUT2D eigenvalue weighted by Gasteiger charge is -2.18. The first-order valence-electron chi connectivity index (χ1n) is 9.44. The molecule has 0 atom stereocenters. The maximum Gasteiger partial charge on any atom is 0.243 e. The number of hydrogen-bond acceptors (Lipinski definition) is 4. The first-order valence-corrected chi connectivity index (χ1v) is 12.0. The molecule has 152 valence electrons. The molecule has 0 aromatic heterocycles. The summed E-state index contributed by atoms with van der Waals surface area (Å²) < 4.78 is 26.4. The Bertz CT molecular complexity index is 834. The molecule has 28 heavy (non-hydrogen) atoms. The van der Waals surface area contributed by atoms with E-state index in [9.17, 15) is 13.2 Å². The Morgan fingerprint density at radius 3 is 2.21 bits per heavy atom. The van der Waals surface area contributed by atoms with Gasteiger partial charge in [-0.1, -0.05) is 56.3 Å². The summed E-state index contributed by atoms with van der Waals surface area (Å²) in [4.78, 5) is 12.3. The highest BCUT2D eigenvalue weighted by molar-refractivity contribution is 7.99. The van der Waals surface area contributed by atoms with Crippen LogP contribution in [-0.2, 0) is 27.8 Å². The second kappa shape index (κ2) is 11.2. The molecule has 0 saturated carbocycles. The van der Waals surface area contributed by atoms with E-state index in [1.807, 2.05) is 32.0 Å². The van der Waals surface area contributed by atoms with Gasteiger partial charge in [0.05, 0.1) is 10.6 Å². The molecule has 0 spiro atoms. The van der Waals surface area contributed by atoms with E-state index in [0.717, 1.165) is 17.7 Å². The SMILES string of the molecule is CCN(CC)S(=O)(=O)c1ccc(CNC(=O)CSCCc2ccccc2)cc1. The van der Waals surface area contributed by atoms with Crippen molar-refractivity contribution < 1.29 is 13.2 Å². The monoisotopic (exact) mass is 420 g/mol. The van der Waals surface area contributed by atoms with Crippen LogP contribution in [0.5, 0.6) is 0 Å². The van der Waals surface area contributed by atoms with Crippen molar-refractivity contribution in [3.05, 3.63) is 65.7 Å². The van der Waals surface area contributed by atoms with Crippen LogP contribution in [0, 0.1) is 0 Å². The van der Waals surface area contributed by atoms with Crippen molar-refractivity contribution in [1.29, 1.82) is 0 Å². The van der Waals surface area contributed by atoms with E-state index < -0.39 is 10.0 Å². The Labute approximate surface area is 172 Å². The molecular formula is C21H28N2O3S2. The molecular weight excluding hydrogens is 392 g/mol. The number of amides is 1. The predicted octanol–water partition coefficient (Wildman–Crippen LogP) is 3.31. The molecule has 0 bridgehead atoms. The number of aryl methyl sites for hydroxylation is 1. The summed E-state index contributed by atoms with van der Waals surface area (Å²) in [6.07, 6.45) is 0.946. The van der Waals surface area contributed by atoms with Crippen molar-refractivity contribution in [2.75, 3.05) is 24.6 Å². The summed E-state index contributed by atoms with van der Waals surface area (Å²) in [5.74, 6) is 1.30. The minimum absolute atomic E-state index is 0.0158. The van der Waals surface area contributed by atoms with E-state index in [1.54, 1.807) is 36.0 Å². The highest BCUT2D eigenvalue weighted by Crippen LogP contribution is 2.16. The highest BCUT2D eigenvalue weighted by atomic mass is 32.2. The van der Waals surface area contributed by atoms with E-state index in [1.165, 1.54) is 9.87 Å². The molecule has 1 N–H and O–H groups in total. The number of benzene rings is 2. The van der Waals surface area contributed by atoms with Crippen LogP contribution >= 0.6 is 11.8 Å². The normalized spacial score (nSPS) is 11.5. The average molecular weight is 421 g/mol. The predicted molar refractivity (Wildman–Crippen MR) is 116 cm³/mol. The lowest BCUT2D eigenvalue weighted by atomic mass is 10.2. The molecule has 1 amide bonds. The zero-order valence-corrected chi connectivity index (χ0v) is 18.1. The van der Waals surface area contributed by atoms with Crippen LogP contribution in [0.25, 0.3) is 0 Å². The highest BCUT2D eigenvalue weighted by Gasteiger charge is 2.21. The molecule has 0 fully saturated rings. The number of carbonyl (C=O) groups is 1. The summed E-state index contributed by atoms with van der Waals surface area (Å²) in [6, 6.07) is 16.9. The zero-order valence-electron chi connectivity index (χ0n) is 16.4. The number of sulfonamides is 1. The van der Waals surface area contributed by atoms with Crippen LogP contribution in [0.1, 0.15) is 25.0 Å². The topological polar surface area (TPSA) is 66.5 Å². The maximum atomic E-state index is 12.5. The Balaban J connectivity index is 1.76. The van der Waals surface area contributed by atoms with E-state index in [-0.39, 0.29) is 10.8 Å². The number of nitrogens with zero attached hydrogens (tertiary/aromatic N) is 1. The van der Waals surface area contributed by atoms with Crippen molar-refractivity contribution in [3.8, 4) is 0 Å². The Morgan fingerprint density at radius 1 is 0.964 bits per heavy atom. The van der Waals surface area contributed by atoms with Crippen LogP contribution in [0.3, 0.4) is 0 Å². The van der Waals surface area contributed by atoms with Crippen molar-refractivity contribution in [2.45, 2.75) is 31.7 Å². The smallest absolute Gasteiger partial charge is 0.243 e. The van der Waals surface area contributed by atoms with E-state index >= 15 is 0 Å². The number of thioether (sulfide) groups is 1. The Morgan fingerprint density at radius 2 is 1.61 bits per heavy atom. The number of hydrogen-bond donors (Lipinski definition) is 1. The van der Waals surface area contributed by atoms with Crippen LogP contribution in [0.15, 0.2) is 59.5 Å². The largest absolute Gasteiger partial charge is 0.351 e. The van der Waals surface area contributed by atoms with Crippen LogP contribution in [0.4, 0.5) is 0 Å². The molecule has 2 aromatic rings. The van der Waals surface area contributed by atoms with Gasteiger partial charge in [-0.05, 0) is 35.4 Å². The fourth-order valence-electron chi connectivity index (χ4n) is 2.74. The maximum absolute atomic E-state index is 12.5. The van der Waals surface area contributed by atoms with Gasteiger partial charge in [0.1, 0.15) is 0 Å². The molecule has 0 aliphatic heterocycles. The quantitative estimate of drug-likeness (QED) is 0.567. The lowest BCUT2D eigenvalue weighted by molar-refractivity contribution is -0.118. The first-order chi connectivity index (χ1) is 13.5. The summed E-state index contributed by atoms with van der Waals surface area (Å²) in [7, 11) is -3.44. The van der Waals surface area contributed by atoms with Crippen molar-refractivity contribution in [1.82, 2.24) is 9.62 Å². The van der Waals surface area contributed by atoms with Gasteiger partial charge in [0.25, 0.3) is 0 Å². The molecule has 7 heteroatoms. The lowest BCUT2D eigenvalue weighted by Crippen LogP contribution is -2.30. The van der Waals surface area contributed by atoms with E-state index in [2.05, 4.69) is 17.4 Å². The van der Waals surface area contributed by atoms with Gasteiger partial charge in [-0.3, -0.25) is 4.79 Å². The van der Waals surface area contributed by atoms with Crippen LogP contribution < -0.4 is 5.32 Å². The third-order valence-electron chi connectivity index (χ3n) is 4.37. The molecule has 0 saturated heterocycles. The third kappa shape index (κ3) is 6.65. The van der Waals surface area contributed by atoms with Gasteiger partial charge >= 0.3 is 0 Å². The molecule has 2 aromatic carbocycles. The second-order valence-electron chi connectivity index (χ2n) is 6.30. The van der Waals surface area contributed by atoms with E-state index in [4.69, 9.17) is 0 Å². The third-order valence-corrected chi connectivity index (χ3v) is 7.39. The summed E-state index contributed by atoms with van der Waals surface area (Å²) in [5, 5.41) is 2.88. The molecule has 0 aliphatic carbocycles. The number of carbonyl (C=O) groups excluding carboxylic acids is 1. The second-order valence-corrected chi connectivity index (χ2v) is 9.34. The average Bonchev–Trinajstić information content (AvgIpc) is 2.71. The van der Waals surface area contributed by atoms with Crippen LogP contribution in [-0.4, -0.2) is 43.2 Å².